The first-order chi connectivity index (χ1) is 7.74. The number of allylic oxidation sites excluding steroid dienone is 1. The van der Waals surface area contributed by atoms with Crippen molar-refractivity contribution in [3.8, 4) is 11.3 Å². The number of nitrogen functional groups attached to an aromatic ring is 1. The Balaban J connectivity index is 2.64. The van der Waals surface area contributed by atoms with Gasteiger partial charge >= 0.3 is 0 Å². The van der Waals surface area contributed by atoms with Crippen LogP contribution in [-0.4, -0.2) is 4.57 Å². The van der Waals surface area contributed by atoms with Gasteiger partial charge in [-0.15, -0.1) is 0 Å². The lowest BCUT2D eigenvalue weighted by atomic mass is 10.1. The molecule has 0 aliphatic carbocycles. The maximum Gasteiger partial charge on any atom is 0.200 e. The number of anilines is 1. The molecule has 16 heavy (non-hydrogen) atoms. The first kappa shape index (κ1) is 10.5. The summed E-state index contributed by atoms with van der Waals surface area (Å²) in [6.07, 6.45) is 3.43. The van der Waals surface area contributed by atoms with Gasteiger partial charge in [-0.05, 0) is 6.92 Å². The summed E-state index contributed by atoms with van der Waals surface area (Å²) in [5.41, 5.74) is 7.85. The first-order valence-corrected chi connectivity index (χ1v) is 5.08. The van der Waals surface area contributed by atoms with Crippen LogP contribution in [0.4, 0.5) is 10.1 Å². The van der Waals surface area contributed by atoms with Crippen LogP contribution in [0.15, 0.2) is 42.5 Å². The molecule has 0 spiro atoms. The van der Waals surface area contributed by atoms with E-state index in [-0.39, 0.29) is 5.95 Å². The van der Waals surface area contributed by atoms with Crippen LogP contribution in [0, 0.1) is 5.95 Å². The maximum atomic E-state index is 13.6. The van der Waals surface area contributed by atoms with Crippen molar-refractivity contribution in [3.05, 3.63) is 48.4 Å². The molecule has 0 saturated heterocycles. The summed E-state index contributed by atoms with van der Waals surface area (Å²) in [4.78, 5) is 0. The molecule has 0 saturated carbocycles. The SMILES string of the molecule is C/C=C/n1c(F)cc(N)c1-c1ccccc1. The summed E-state index contributed by atoms with van der Waals surface area (Å²) in [6.45, 7) is 1.84. The van der Waals surface area contributed by atoms with Crippen molar-refractivity contribution in [1.29, 1.82) is 0 Å². The van der Waals surface area contributed by atoms with E-state index in [1.54, 1.807) is 12.3 Å². The third-order valence-corrected chi connectivity index (χ3v) is 2.36. The molecule has 0 unspecified atom stereocenters. The summed E-state index contributed by atoms with van der Waals surface area (Å²) in [7, 11) is 0. The van der Waals surface area contributed by atoms with Crippen LogP contribution in [0.3, 0.4) is 0 Å². The van der Waals surface area contributed by atoms with Crippen LogP contribution in [-0.2, 0) is 0 Å². The largest absolute Gasteiger partial charge is 0.397 e. The zero-order valence-corrected chi connectivity index (χ0v) is 9.02. The van der Waals surface area contributed by atoms with Gasteiger partial charge in [-0.3, -0.25) is 4.57 Å². The number of rotatable bonds is 2. The fourth-order valence-corrected chi connectivity index (χ4v) is 1.71. The number of hydrogen-bond acceptors (Lipinski definition) is 1. The molecule has 1 aromatic carbocycles. The molecular weight excluding hydrogens is 203 g/mol. The lowest BCUT2D eigenvalue weighted by Gasteiger charge is -2.05. The summed E-state index contributed by atoms with van der Waals surface area (Å²) >= 11 is 0. The second-order valence-electron chi connectivity index (χ2n) is 3.49. The molecule has 82 valence electrons. The highest BCUT2D eigenvalue weighted by molar-refractivity contribution is 5.75. The fourth-order valence-electron chi connectivity index (χ4n) is 1.71. The Morgan fingerprint density at radius 3 is 2.56 bits per heavy atom. The van der Waals surface area contributed by atoms with Gasteiger partial charge in [-0.2, -0.15) is 4.39 Å². The molecule has 1 heterocycles. The average Bonchev–Trinajstić information content (AvgIpc) is 2.56. The predicted molar refractivity (Wildman–Crippen MR) is 65.2 cm³/mol. The Labute approximate surface area is 93.8 Å². The second-order valence-corrected chi connectivity index (χ2v) is 3.49. The molecule has 0 aliphatic rings. The van der Waals surface area contributed by atoms with Gasteiger partial charge in [0.05, 0.1) is 11.4 Å². The van der Waals surface area contributed by atoms with E-state index < -0.39 is 0 Å². The van der Waals surface area contributed by atoms with E-state index >= 15 is 0 Å². The monoisotopic (exact) mass is 216 g/mol. The number of aromatic nitrogens is 1. The lowest BCUT2D eigenvalue weighted by molar-refractivity contribution is 0.569. The Morgan fingerprint density at radius 2 is 1.94 bits per heavy atom. The van der Waals surface area contributed by atoms with Crippen molar-refractivity contribution in [1.82, 2.24) is 4.57 Å². The number of nitrogens with two attached hydrogens (primary N) is 1. The van der Waals surface area contributed by atoms with Crippen LogP contribution in [0.25, 0.3) is 17.5 Å². The zero-order chi connectivity index (χ0) is 11.5. The van der Waals surface area contributed by atoms with Gasteiger partial charge < -0.3 is 5.73 Å². The van der Waals surface area contributed by atoms with Gasteiger partial charge in [0.1, 0.15) is 0 Å². The van der Waals surface area contributed by atoms with E-state index in [0.717, 1.165) is 5.56 Å². The predicted octanol–water partition coefficient (Wildman–Crippen LogP) is 3.37. The molecule has 1 aromatic heterocycles. The van der Waals surface area contributed by atoms with Crippen LogP contribution in [0.5, 0.6) is 0 Å². The topological polar surface area (TPSA) is 30.9 Å². The van der Waals surface area contributed by atoms with Crippen LogP contribution >= 0.6 is 0 Å². The minimum atomic E-state index is -0.352. The third-order valence-electron chi connectivity index (χ3n) is 2.36. The molecule has 2 aromatic rings. The van der Waals surface area contributed by atoms with E-state index in [1.165, 1.54) is 10.6 Å². The number of halogens is 1. The highest BCUT2D eigenvalue weighted by Crippen LogP contribution is 2.29. The first-order valence-electron chi connectivity index (χ1n) is 5.08. The van der Waals surface area contributed by atoms with Crippen LogP contribution < -0.4 is 5.73 Å². The van der Waals surface area contributed by atoms with Gasteiger partial charge in [0, 0.05) is 17.8 Å². The van der Waals surface area contributed by atoms with E-state index in [0.29, 0.717) is 11.4 Å². The molecule has 0 amide bonds. The molecule has 2 rings (SSSR count). The molecule has 0 radical (unpaired) electrons. The van der Waals surface area contributed by atoms with Crippen molar-refractivity contribution in [2.45, 2.75) is 6.92 Å². The van der Waals surface area contributed by atoms with Crippen molar-refractivity contribution >= 4 is 11.9 Å². The molecule has 3 heteroatoms. The normalized spacial score (nSPS) is 11.1. The summed E-state index contributed by atoms with van der Waals surface area (Å²) in [5, 5.41) is 0. The van der Waals surface area contributed by atoms with Crippen LogP contribution in [0.2, 0.25) is 0 Å². The number of nitrogens with zero attached hydrogens (tertiary/aromatic N) is 1. The molecule has 2 N–H and O–H groups in total. The minimum absolute atomic E-state index is 0.352. The quantitative estimate of drug-likeness (QED) is 0.819. The van der Waals surface area contributed by atoms with Crippen molar-refractivity contribution in [2.75, 3.05) is 5.73 Å². The highest BCUT2D eigenvalue weighted by atomic mass is 19.1. The van der Waals surface area contributed by atoms with E-state index in [9.17, 15) is 4.39 Å². The smallest absolute Gasteiger partial charge is 0.200 e. The molecule has 0 atom stereocenters. The molecular formula is C13H13FN2. The Morgan fingerprint density at radius 1 is 1.25 bits per heavy atom. The zero-order valence-electron chi connectivity index (χ0n) is 9.02. The van der Waals surface area contributed by atoms with Gasteiger partial charge in [-0.1, -0.05) is 36.4 Å². The Kier molecular flexibility index (Phi) is 2.77. The standard InChI is InChI=1S/C13H13FN2/c1-2-8-16-12(14)9-11(15)13(16)10-6-4-3-5-7-10/h2-9H,15H2,1H3/b8-2+. The average molecular weight is 216 g/mol. The summed E-state index contributed by atoms with van der Waals surface area (Å²) in [5.74, 6) is -0.352. The van der Waals surface area contributed by atoms with Gasteiger partial charge in [-0.25, -0.2) is 0 Å². The number of benzene rings is 1. The van der Waals surface area contributed by atoms with Crippen molar-refractivity contribution in [2.24, 2.45) is 0 Å². The van der Waals surface area contributed by atoms with Gasteiger partial charge in [0.2, 0.25) is 0 Å². The Bertz CT molecular complexity index is 512. The molecule has 0 aliphatic heterocycles. The third kappa shape index (κ3) is 1.72. The Hall–Kier alpha value is -2.03. The number of hydrogen-bond donors (Lipinski definition) is 1. The second kappa shape index (κ2) is 4.23. The molecule has 0 fully saturated rings. The lowest BCUT2D eigenvalue weighted by Crippen LogP contribution is -1.95. The molecule has 2 nitrogen and oxygen atoms in total. The van der Waals surface area contributed by atoms with E-state index in [2.05, 4.69) is 0 Å². The van der Waals surface area contributed by atoms with E-state index in [1.807, 2.05) is 37.3 Å². The van der Waals surface area contributed by atoms with Gasteiger partial charge in [0.25, 0.3) is 0 Å². The minimum Gasteiger partial charge on any atom is -0.397 e. The molecule has 0 bridgehead atoms. The fraction of sp³-hybridized carbons (Fsp3) is 0.0769. The van der Waals surface area contributed by atoms with Crippen LogP contribution in [0.1, 0.15) is 6.92 Å². The van der Waals surface area contributed by atoms with Crippen molar-refractivity contribution in [3.63, 3.8) is 0 Å². The van der Waals surface area contributed by atoms with Gasteiger partial charge in [0.15, 0.2) is 5.95 Å². The van der Waals surface area contributed by atoms with E-state index in [4.69, 9.17) is 5.73 Å². The van der Waals surface area contributed by atoms with Crippen molar-refractivity contribution < 1.29 is 4.39 Å². The highest BCUT2D eigenvalue weighted by Gasteiger charge is 2.12. The maximum absolute atomic E-state index is 13.6. The summed E-state index contributed by atoms with van der Waals surface area (Å²) in [6, 6.07) is 10.9. The summed E-state index contributed by atoms with van der Waals surface area (Å²) < 4.78 is 15.0.